The number of hydrogen-bond acceptors (Lipinski definition) is 2. The predicted octanol–water partition coefficient (Wildman–Crippen LogP) is 2.38. The fourth-order valence-electron chi connectivity index (χ4n) is 4.64. The van der Waals surface area contributed by atoms with Gasteiger partial charge in [-0.25, -0.2) is 0 Å². The molecule has 0 radical (unpaired) electrons. The zero-order valence-corrected chi connectivity index (χ0v) is 17.6. The highest BCUT2D eigenvalue weighted by Gasteiger charge is 2.32. The molecule has 148 valence electrons. The van der Waals surface area contributed by atoms with Gasteiger partial charge < -0.3 is 14.3 Å². The van der Waals surface area contributed by atoms with E-state index in [1.165, 1.54) is 5.57 Å². The van der Waals surface area contributed by atoms with Crippen molar-refractivity contribution in [3.63, 3.8) is 0 Å². The Morgan fingerprint density at radius 1 is 1.23 bits per heavy atom. The number of piperazine rings is 1. The minimum atomic E-state index is 0.172. The van der Waals surface area contributed by atoms with Gasteiger partial charge in [0.1, 0.15) is 0 Å². The highest BCUT2D eigenvalue weighted by Crippen LogP contribution is 2.34. The first-order valence-corrected chi connectivity index (χ1v) is 10.1. The third-order valence-electron chi connectivity index (χ3n) is 6.65. The van der Waals surface area contributed by atoms with Gasteiger partial charge in [-0.1, -0.05) is 25.5 Å². The zero-order valence-electron chi connectivity index (χ0n) is 17.6. The number of carbonyl (C=O) groups is 2. The molecule has 0 aromatic carbocycles. The fraction of sp³-hybridized carbons (Fsp3) is 0.810. The van der Waals surface area contributed by atoms with Crippen LogP contribution in [-0.4, -0.2) is 79.0 Å². The van der Waals surface area contributed by atoms with Crippen LogP contribution in [0.3, 0.4) is 0 Å². The van der Waals surface area contributed by atoms with E-state index in [2.05, 4.69) is 38.8 Å². The minimum absolute atomic E-state index is 0.172. The van der Waals surface area contributed by atoms with Crippen molar-refractivity contribution >= 4 is 11.8 Å². The summed E-state index contributed by atoms with van der Waals surface area (Å²) >= 11 is 0. The Morgan fingerprint density at radius 3 is 2.35 bits per heavy atom. The zero-order chi connectivity index (χ0) is 19.5. The van der Waals surface area contributed by atoms with E-state index in [0.29, 0.717) is 17.8 Å². The van der Waals surface area contributed by atoms with Gasteiger partial charge in [-0.3, -0.25) is 9.59 Å². The summed E-state index contributed by atoms with van der Waals surface area (Å²) < 4.78 is 0.947. The number of likely N-dealkylation sites (N-methyl/N-ethyl adjacent to an activating group) is 1. The van der Waals surface area contributed by atoms with E-state index in [-0.39, 0.29) is 11.8 Å². The molecule has 0 aromatic heterocycles. The molecule has 0 N–H and O–H groups in total. The van der Waals surface area contributed by atoms with Crippen LogP contribution in [0.1, 0.15) is 41.0 Å². The summed E-state index contributed by atoms with van der Waals surface area (Å²) in [6, 6.07) is 0. The average molecular weight is 365 g/mol. The maximum Gasteiger partial charge on any atom is 0.219 e. The number of rotatable bonds is 5. The maximum absolute atomic E-state index is 12.3. The van der Waals surface area contributed by atoms with Gasteiger partial charge in [0, 0.05) is 20.4 Å². The Labute approximate surface area is 159 Å². The van der Waals surface area contributed by atoms with Crippen molar-refractivity contribution < 1.29 is 14.1 Å². The SMILES string of the molecule is CC(=O)N1CC[N+](C)(CCN(C[C@@H]2[C@@H](C)C=C(C)C[C@@H]2C)C(C)=O)CC1. The van der Waals surface area contributed by atoms with Crippen LogP contribution in [0.5, 0.6) is 0 Å². The van der Waals surface area contributed by atoms with Crippen molar-refractivity contribution in [2.75, 3.05) is 52.9 Å². The average Bonchev–Trinajstić information content (AvgIpc) is 2.53. The van der Waals surface area contributed by atoms with Gasteiger partial charge in [0.15, 0.2) is 0 Å². The Balaban J connectivity index is 1.93. The molecular weight excluding hydrogens is 326 g/mol. The van der Waals surface area contributed by atoms with Gasteiger partial charge in [-0.05, 0) is 31.1 Å². The Morgan fingerprint density at radius 2 is 1.85 bits per heavy atom. The molecule has 1 saturated heterocycles. The van der Waals surface area contributed by atoms with E-state index in [1.54, 1.807) is 13.8 Å². The normalized spacial score (nSPS) is 28.5. The lowest BCUT2D eigenvalue weighted by atomic mass is 9.75. The lowest BCUT2D eigenvalue weighted by Gasteiger charge is -2.43. The smallest absolute Gasteiger partial charge is 0.219 e. The van der Waals surface area contributed by atoms with E-state index in [9.17, 15) is 9.59 Å². The second-order valence-corrected chi connectivity index (χ2v) is 8.98. The fourth-order valence-corrected chi connectivity index (χ4v) is 4.64. The summed E-state index contributed by atoms with van der Waals surface area (Å²) in [6.07, 6.45) is 3.53. The largest absolute Gasteiger partial charge is 0.337 e. The van der Waals surface area contributed by atoms with Gasteiger partial charge in [0.05, 0.1) is 46.3 Å². The third kappa shape index (κ3) is 5.32. The molecular formula is C21H38N3O2+. The molecule has 2 aliphatic rings. The lowest BCUT2D eigenvalue weighted by molar-refractivity contribution is -0.912. The van der Waals surface area contributed by atoms with Crippen LogP contribution in [0.2, 0.25) is 0 Å². The van der Waals surface area contributed by atoms with Gasteiger partial charge in [0.25, 0.3) is 0 Å². The number of hydrogen-bond donors (Lipinski definition) is 0. The quantitative estimate of drug-likeness (QED) is 0.555. The van der Waals surface area contributed by atoms with Gasteiger partial charge in [-0.2, -0.15) is 0 Å². The summed E-state index contributed by atoms with van der Waals surface area (Å²) in [4.78, 5) is 27.8. The third-order valence-corrected chi connectivity index (χ3v) is 6.65. The van der Waals surface area contributed by atoms with Gasteiger partial charge in [-0.15, -0.1) is 0 Å². The lowest BCUT2D eigenvalue weighted by Crippen LogP contribution is -2.60. The molecule has 1 aliphatic carbocycles. The molecule has 1 fully saturated rings. The molecule has 26 heavy (non-hydrogen) atoms. The van der Waals surface area contributed by atoms with Crippen LogP contribution in [0.25, 0.3) is 0 Å². The first-order valence-electron chi connectivity index (χ1n) is 10.1. The minimum Gasteiger partial charge on any atom is -0.337 e. The predicted molar refractivity (Wildman–Crippen MR) is 105 cm³/mol. The van der Waals surface area contributed by atoms with E-state index in [0.717, 1.165) is 56.7 Å². The van der Waals surface area contributed by atoms with Crippen LogP contribution in [0.15, 0.2) is 11.6 Å². The van der Waals surface area contributed by atoms with E-state index in [4.69, 9.17) is 0 Å². The topological polar surface area (TPSA) is 40.6 Å². The van der Waals surface area contributed by atoms with Crippen molar-refractivity contribution in [3.8, 4) is 0 Å². The molecule has 0 unspecified atom stereocenters. The van der Waals surface area contributed by atoms with E-state index < -0.39 is 0 Å². The molecule has 1 aliphatic heterocycles. The number of carbonyl (C=O) groups excluding carboxylic acids is 2. The second-order valence-electron chi connectivity index (χ2n) is 8.98. The maximum atomic E-state index is 12.3. The summed E-state index contributed by atoms with van der Waals surface area (Å²) in [6.45, 7) is 16.4. The van der Waals surface area contributed by atoms with E-state index in [1.807, 2.05) is 4.90 Å². The summed E-state index contributed by atoms with van der Waals surface area (Å²) in [7, 11) is 2.26. The van der Waals surface area contributed by atoms with E-state index >= 15 is 0 Å². The first kappa shape index (κ1) is 20.9. The van der Waals surface area contributed by atoms with Gasteiger partial charge in [0.2, 0.25) is 11.8 Å². The summed E-state index contributed by atoms with van der Waals surface area (Å²) in [5, 5.41) is 0. The molecule has 1 heterocycles. The number of amides is 2. The molecule has 0 aromatic rings. The van der Waals surface area contributed by atoms with Crippen molar-refractivity contribution in [2.24, 2.45) is 17.8 Å². The van der Waals surface area contributed by atoms with Crippen molar-refractivity contribution in [1.82, 2.24) is 9.80 Å². The second kappa shape index (κ2) is 8.55. The molecule has 3 atom stereocenters. The number of nitrogens with zero attached hydrogens (tertiary/aromatic N) is 3. The Bertz CT molecular complexity index is 549. The van der Waals surface area contributed by atoms with Crippen LogP contribution >= 0.6 is 0 Å². The highest BCUT2D eigenvalue weighted by molar-refractivity contribution is 5.73. The summed E-state index contributed by atoms with van der Waals surface area (Å²) in [5.41, 5.74) is 1.48. The molecule has 0 spiro atoms. The van der Waals surface area contributed by atoms with Crippen LogP contribution in [-0.2, 0) is 9.59 Å². The van der Waals surface area contributed by atoms with Crippen LogP contribution in [0.4, 0.5) is 0 Å². The number of allylic oxidation sites excluding steroid dienone is 2. The molecule has 5 heteroatoms. The van der Waals surface area contributed by atoms with Crippen molar-refractivity contribution in [1.29, 1.82) is 0 Å². The Hall–Kier alpha value is -1.36. The molecule has 5 nitrogen and oxygen atoms in total. The molecule has 0 saturated carbocycles. The highest BCUT2D eigenvalue weighted by atomic mass is 16.2. The molecule has 0 bridgehead atoms. The molecule has 2 rings (SSSR count). The summed E-state index contributed by atoms with van der Waals surface area (Å²) in [5.74, 6) is 2.06. The van der Waals surface area contributed by atoms with Crippen molar-refractivity contribution in [2.45, 2.75) is 41.0 Å². The van der Waals surface area contributed by atoms with Crippen LogP contribution < -0.4 is 0 Å². The monoisotopic (exact) mass is 364 g/mol. The first-order chi connectivity index (χ1) is 12.1. The van der Waals surface area contributed by atoms with Crippen LogP contribution in [0, 0.1) is 17.8 Å². The molecule has 2 amide bonds. The standard InChI is InChI=1S/C21H38N3O2/c1-16-13-17(2)21(18(3)14-16)15-23(20(5)26)9-12-24(6)10-7-22(8-11-24)19(4)25/h13,17-18,21H,7-12,14-15H2,1-6H3/q+1/t17-,18-,21+/m0/s1. The van der Waals surface area contributed by atoms with Gasteiger partial charge >= 0.3 is 0 Å². The Kier molecular flexibility index (Phi) is 6.89. The van der Waals surface area contributed by atoms with Crippen molar-refractivity contribution in [3.05, 3.63) is 11.6 Å². The number of quaternary nitrogens is 1.